The Bertz CT molecular complexity index is 809. The first-order chi connectivity index (χ1) is 13.6. The number of rotatable bonds is 7. The summed E-state index contributed by atoms with van der Waals surface area (Å²) in [4.78, 5) is 34.0. The SMILES string of the molecule is CC(C(=O)NC1CC1)N1CCN(C(=O)CCc2nc(-c3cccs3)no2)CC1. The Balaban J connectivity index is 1.21. The van der Waals surface area contributed by atoms with Crippen LogP contribution < -0.4 is 5.32 Å². The van der Waals surface area contributed by atoms with Crippen molar-refractivity contribution in [2.75, 3.05) is 26.2 Å². The second-order valence-corrected chi connectivity index (χ2v) is 8.31. The molecule has 2 amide bonds. The van der Waals surface area contributed by atoms with Crippen molar-refractivity contribution >= 4 is 23.2 Å². The molecule has 3 heterocycles. The van der Waals surface area contributed by atoms with Crippen LogP contribution in [-0.2, 0) is 16.0 Å². The predicted octanol–water partition coefficient (Wildman–Crippen LogP) is 1.54. The molecule has 9 heteroatoms. The maximum atomic E-state index is 12.5. The molecule has 0 aromatic carbocycles. The minimum absolute atomic E-state index is 0.0885. The molecule has 1 saturated heterocycles. The third-order valence-corrected chi connectivity index (χ3v) is 6.15. The molecule has 8 nitrogen and oxygen atoms in total. The molecule has 1 aliphatic heterocycles. The van der Waals surface area contributed by atoms with Crippen LogP contribution in [0.15, 0.2) is 22.0 Å². The summed E-state index contributed by atoms with van der Waals surface area (Å²) in [7, 11) is 0. The second kappa shape index (κ2) is 8.40. The number of hydrogen-bond donors (Lipinski definition) is 1. The average molecular weight is 404 g/mol. The van der Waals surface area contributed by atoms with Gasteiger partial charge >= 0.3 is 0 Å². The van der Waals surface area contributed by atoms with Crippen LogP contribution in [0.4, 0.5) is 0 Å². The topological polar surface area (TPSA) is 91.6 Å². The van der Waals surface area contributed by atoms with Crippen LogP contribution in [0, 0.1) is 0 Å². The highest BCUT2D eigenvalue weighted by atomic mass is 32.1. The van der Waals surface area contributed by atoms with Crippen LogP contribution in [0.1, 0.15) is 32.1 Å². The van der Waals surface area contributed by atoms with Gasteiger partial charge in [0.2, 0.25) is 23.5 Å². The Kier molecular flexibility index (Phi) is 5.72. The molecule has 1 unspecified atom stereocenters. The number of hydrogen-bond acceptors (Lipinski definition) is 7. The molecule has 1 atom stereocenters. The van der Waals surface area contributed by atoms with Crippen molar-refractivity contribution in [1.82, 2.24) is 25.3 Å². The van der Waals surface area contributed by atoms with Crippen molar-refractivity contribution in [2.45, 2.75) is 44.7 Å². The maximum absolute atomic E-state index is 12.5. The van der Waals surface area contributed by atoms with Gasteiger partial charge in [-0.3, -0.25) is 14.5 Å². The highest BCUT2D eigenvalue weighted by Crippen LogP contribution is 2.22. The zero-order valence-electron chi connectivity index (χ0n) is 16.0. The molecule has 2 aromatic heterocycles. The fraction of sp³-hybridized carbons (Fsp3) is 0.579. The van der Waals surface area contributed by atoms with Gasteiger partial charge in [-0.15, -0.1) is 11.3 Å². The Morgan fingerprint density at radius 2 is 2.11 bits per heavy atom. The van der Waals surface area contributed by atoms with Crippen LogP contribution in [0.25, 0.3) is 10.7 Å². The molecule has 28 heavy (non-hydrogen) atoms. The Morgan fingerprint density at radius 1 is 1.32 bits per heavy atom. The van der Waals surface area contributed by atoms with E-state index in [1.807, 2.05) is 29.3 Å². The minimum atomic E-state index is -0.146. The minimum Gasteiger partial charge on any atom is -0.352 e. The molecule has 1 N–H and O–H groups in total. The first-order valence-corrected chi connectivity index (χ1v) is 10.7. The quantitative estimate of drug-likeness (QED) is 0.754. The molecule has 2 aliphatic rings. The van der Waals surface area contributed by atoms with E-state index in [0.29, 0.717) is 56.8 Å². The van der Waals surface area contributed by atoms with Crippen LogP contribution in [-0.4, -0.2) is 70.0 Å². The van der Waals surface area contributed by atoms with Gasteiger partial charge in [-0.25, -0.2) is 0 Å². The highest BCUT2D eigenvalue weighted by Gasteiger charge is 2.30. The molecule has 150 valence electrons. The molecule has 0 bridgehead atoms. The van der Waals surface area contributed by atoms with Gasteiger partial charge in [0.05, 0.1) is 10.9 Å². The van der Waals surface area contributed by atoms with E-state index in [0.717, 1.165) is 17.7 Å². The molecule has 0 radical (unpaired) electrons. The van der Waals surface area contributed by atoms with Gasteiger partial charge in [0, 0.05) is 45.1 Å². The third kappa shape index (κ3) is 4.59. The fourth-order valence-corrected chi connectivity index (χ4v) is 3.96. The number of thiophene rings is 1. The Labute approximate surface area is 167 Å². The summed E-state index contributed by atoms with van der Waals surface area (Å²) in [6, 6.07) is 4.11. The Hall–Kier alpha value is -2.26. The number of aryl methyl sites for hydroxylation is 1. The number of amides is 2. The normalized spacial score (nSPS) is 18.8. The van der Waals surface area contributed by atoms with Crippen molar-refractivity contribution < 1.29 is 14.1 Å². The van der Waals surface area contributed by atoms with E-state index in [1.165, 1.54) is 0 Å². The van der Waals surface area contributed by atoms with Gasteiger partial charge in [0.15, 0.2) is 0 Å². The molecular weight excluding hydrogens is 378 g/mol. The van der Waals surface area contributed by atoms with Crippen LogP contribution in [0.3, 0.4) is 0 Å². The van der Waals surface area contributed by atoms with Crippen molar-refractivity contribution in [3.05, 3.63) is 23.4 Å². The highest BCUT2D eigenvalue weighted by molar-refractivity contribution is 7.13. The van der Waals surface area contributed by atoms with Crippen molar-refractivity contribution in [3.8, 4) is 10.7 Å². The summed E-state index contributed by atoms with van der Waals surface area (Å²) in [6.45, 7) is 4.66. The molecule has 4 rings (SSSR count). The Morgan fingerprint density at radius 3 is 2.79 bits per heavy atom. The number of nitrogens with one attached hydrogen (secondary N) is 1. The molecule has 2 fully saturated rings. The van der Waals surface area contributed by atoms with E-state index in [4.69, 9.17) is 4.52 Å². The average Bonchev–Trinajstić information content (AvgIpc) is 3.18. The lowest BCUT2D eigenvalue weighted by molar-refractivity contribution is -0.134. The molecule has 0 spiro atoms. The predicted molar refractivity (Wildman–Crippen MR) is 105 cm³/mol. The van der Waals surface area contributed by atoms with E-state index in [-0.39, 0.29) is 17.9 Å². The summed E-state index contributed by atoms with van der Waals surface area (Å²) in [5, 5.41) is 8.99. The smallest absolute Gasteiger partial charge is 0.237 e. The molecule has 1 aliphatic carbocycles. The lowest BCUT2D eigenvalue weighted by Gasteiger charge is -2.37. The largest absolute Gasteiger partial charge is 0.352 e. The first-order valence-electron chi connectivity index (χ1n) is 9.79. The molecule has 2 aromatic rings. The van der Waals surface area contributed by atoms with Crippen molar-refractivity contribution in [2.24, 2.45) is 0 Å². The number of carbonyl (C=O) groups is 2. The van der Waals surface area contributed by atoms with E-state index in [9.17, 15) is 9.59 Å². The molecule has 1 saturated carbocycles. The summed E-state index contributed by atoms with van der Waals surface area (Å²) < 4.78 is 5.26. The van der Waals surface area contributed by atoms with Gasteiger partial charge in [-0.2, -0.15) is 4.98 Å². The summed E-state index contributed by atoms with van der Waals surface area (Å²) in [6.07, 6.45) is 2.98. The van der Waals surface area contributed by atoms with E-state index in [2.05, 4.69) is 20.4 Å². The van der Waals surface area contributed by atoms with E-state index in [1.54, 1.807) is 11.3 Å². The van der Waals surface area contributed by atoms with Gasteiger partial charge in [-0.05, 0) is 31.2 Å². The van der Waals surface area contributed by atoms with Crippen LogP contribution >= 0.6 is 11.3 Å². The van der Waals surface area contributed by atoms with E-state index >= 15 is 0 Å². The van der Waals surface area contributed by atoms with Gasteiger partial charge < -0.3 is 14.7 Å². The summed E-state index contributed by atoms with van der Waals surface area (Å²) in [5.41, 5.74) is 0. The first kappa shape index (κ1) is 19.1. The zero-order valence-corrected chi connectivity index (χ0v) is 16.8. The number of aromatic nitrogens is 2. The van der Waals surface area contributed by atoms with Gasteiger partial charge in [0.25, 0.3) is 0 Å². The van der Waals surface area contributed by atoms with Crippen LogP contribution in [0.2, 0.25) is 0 Å². The number of piperazine rings is 1. The van der Waals surface area contributed by atoms with Gasteiger partial charge in [0.1, 0.15) is 0 Å². The number of nitrogens with zero attached hydrogens (tertiary/aromatic N) is 4. The summed E-state index contributed by atoms with van der Waals surface area (Å²) >= 11 is 1.55. The van der Waals surface area contributed by atoms with Gasteiger partial charge in [-0.1, -0.05) is 11.2 Å². The summed E-state index contributed by atoms with van der Waals surface area (Å²) in [5.74, 6) is 1.25. The monoisotopic (exact) mass is 403 g/mol. The fourth-order valence-electron chi connectivity index (χ4n) is 3.31. The van der Waals surface area contributed by atoms with E-state index < -0.39 is 0 Å². The lowest BCUT2D eigenvalue weighted by Crippen LogP contribution is -2.55. The second-order valence-electron chi connectivity index (χ2n) is 7.36. The van der Waals surface area contributed by atoms with Crippen molar-refractivity contribution in [3.63, 3.8) is 0 Å². The lowest BCUT2D eigenvalue weighted by atomic mass is 10.2. The number of carbonyl (C=O) groups excluding carboxylic acids is 2. The third-order valence-electron chi connectivity index (χ3n) is 5.28. The van der Waals surface area contributed by atoms with Crippen molar-refractivity contribution in [1.29, 1.82) is 0 Å². The zero-order chi connectivity index (χ0) is 19.5. The molecular formula is C19H25N5O3S. The standard InChI is InChI=1S/C19H25N5O3S/c1-13(19(26)20-14-4-5-14)23-8-10-24(11-9-23)17(25)7-6-16-21-18(22-27-16)15-3-2-12-28-15/h2-3,12-14H,4-11H2,1H3,(H,20,26). The maximum Gasteiger partial charge on any atom is 0.237 e. The van der Waals surface area contributed by atoms with Crippen LogP contribution in [0.5, 0.6) is 0 Å².